The van der Waals surface area contributed by atoms with Crippen molar-refractivity contribution in [2.75, 3.05) is 13.1 Å². The lowest BCUT2D eigenvalue weighted by Crippen LogP contribution is -2.30. The van der Waals surface area contributed by atoms with E-state index in [0.29, 0.717) is 17.8 Å². The van der Waals surface area contributed by atoms with E-state index in [1.165, 1.54) is 12.5 Å². The van der Waals surface area contributed by atoms with Crippen LogP contribution < -0.4 is 0 Å². The number of likely N-dealkylation sites (tertiary alicyclic amines) is 1. The third-order valence-electron chi connectivity index (χ3n) is 3.36. The zero-order valence-electron chi connectivity index (χ0n) is 10.3. The van der Waals surface area contributed by atoms with E-state index >= 15 is 0 Å². The zero-order valence-corrected chi connectivity index (χ0v) is 10.3. The average Bonchev–Trinajstić information content (AvgIpc) is 2.71. The Labute approximate surface area is 105 Å². The van der Waals surface area contributed by atoms with Gasteiger partial charge in [0, 0.05) is 19.3 Å². The summed E-state index contributed by atoms with van der Waals surface area (Å²) in [6.45, 7) is 4.30. The zero-order chi connectivity index (χ0) is 13.3. The molecule has 0 aromatic carbocycles. The van der Waals surface area contributed by atoms with Crippen molar-refractivity contribution in [3.05, 3.63) is 23.8 Å². The van der Waals surface area contributed by atoms with Gasteiger partial charge in [0.15, 0.2) is 0 Å². The molecular formula is C12H15N3O3. The van der Waals surface area contributed by atoms with E-state index in [1.807, 2.05) is 6.92 Å². The van der Waals surface area contributed by atoms with Crippen molar-refractivity contribution in [2.24, 2.45) is 11.8 Å². The van der Waals surface area contributed by atoms with Crippen LogP contribution in [0.1, 0.15) is 23.0 Å². The molecule has 6 nitrogen and oxygen atoms in total. The molecule has 6 heteroatoms. The van der Waals surface area contributed by atoms with Crippen LogP contribution in [0, 0.1) is 18.8 Å². The summed E-state index contributed by atoms with van der Waals surface area (Å²) >= 11 is 0. The van der Waals surface area contributed by atoms with Crippen LogP contribution in [-0.4, -0.2) is 44.9 Å². The summed E-state index contributed by atoms with van der Waals surface area (Å²) in [4.78, 5) is 32.6. The van der Waals surface area contributed by atoms with Gasteiger partial charge in [0.05, 0.1) is 17.2 Å². The van der Waals surface area contributed by atoms with Crippen LogP contribution in [0.25, 0.3) is 0 Å². The Morgan fingerprint density at radius 3 is 2.72 bits per heavy atom. The first-order valence-corrected chi connectivity index (χ1v) is 5.79. The second kappa shape index (κ2) is 4.72. The fourth-order valence-corrected chi connectivity index (χ4v) is 2.23. The summed E-state index contributed by atoms with van der Waals surface area (Å²) < 4.78 is 0. The number of aliphatic carboxylic acids is 1. The molecule has 2 atom stereocenters. The van der Waals surface area contributed by atoms with Gasteiger partial charge in [-0.1, -0.05) is 6.92 Å². The summed E-state index contributed by atoms with van der Waals surface area (Å²) in [5.41, 5.74) is 1.05. The number of nitrogens with zero attached hydrogens (tertiary/aromatic N) is 3. The molecule has 1 amide bonds. The molecule has 0 bridgehead atoms. The molecule has 1 aliphatic heterocycles. The summed E-state index contributed by atoms with van der Waals surface area (Å²) in [6.07, 6.45) is 2.86. The van der Waals surface area contributed by atoms with Crippen molar-refractivity contribution in [2.45, 2.75) is 13.8 Å². The van der Waals surface area contributed by atoms with Gasteiger partial charge in [0.2, 0.25) is 0 Å². The Morgan fingerprint density at radius 1 is 1.44 bits per heavy atom. The Bertz CT molecular complexity index is 489. The maximum Gasteiger partial charge on any atom is 0.308 e. The molecule has 1 aliphatic rings. The van der Waals surface area contributed by atoms with E-state index in [1.54, 1.807) is 11.8 Å². The fourth-order valence-electron chi connectivity index (χ4n) is 2.23. The molecule has 1 fully saturated rings. The summed E-state index contributed by atoms with van der Waals surface area (Å²) in [6, 6.07) is 0. The topological polar surface area (TPSA) is 83.4 Å². The molecule has 0 radical (unpaired) electrons. The maximum atomic E-state index is 12.2. The number of hydrogen-bond acceptors (Lipinski definition) is 4. The van der Waals surface area contributed by atoms with Crippen molar-refractivity contribution < 1.29 is 14.7 Å². The predicted octanol–water partition coefficient (Wildman–Crippen LogP) is 0.578. The van der Waals surface area contributed by atoms with Crippen molar-refractivity contribution in [3.8, 4) is 0 Å². The molecule has 1 saturated heterocycles. The van der Waals surface area contributed by atoms with Crippen molar-refractivity contribution in [1.82, 2.24) is 14.9 Å². The van der Waals surface area contributed by atoms with Crippen LogP contribution in [-0.2, 0) is 4.79 Å². The summed E-state index contributed by atoms with van der Waals surface area (Å²) in [5.74, 6) is -1.56. The van der Waals surface area contributed by atoms with E-state index < -0.39 is 11.9 Å². The van der Waals surface area contributed by atoms with Gasteiger partial charge in [0.25, 0.3) is 5.91 Å². The number of rotatable bonds is 2. The molecule has 96 valence electrons. The molecule has 2 heterocycles. The molecule has 1 N–H and O–H groups in total. The number of hydrogen-bond donors (Lipinski definition) is 1. The third kappa shape index (κ3) is 2.18. The lowest BCUT2D eigenvalue weighted by molar-refractivity contribution is -0.142. The van der Waals surface area contributed by atoms with Crippen LogP contribution in [0.15, 0.2) is 12.5 Å². The van der Waals surface area contributed by atoms with Crippen molar-refractivity contribution >= 4 is 11.9 Å². The lowest BCUT2D eigenvalue weighted by Gasteiger charge is -2.16. The number of carboxylic acids is 1. The first kappa shape index (κ1) is 12.5. The van der Waals surface area contributed by atoms with Crippen molar-refractivity contribution in [3.63, 3.8) is 0 Å². The average molecular weight is 249 g/mol. The highest BCUT2D eigenvalue weighted by Gasteiger charge is 2.37. The Balaban J connectivity index is 2.17. The largest absolute Gasteiger partial charge is 0.481 e. The Hall–Kier alpha value is -1.98. The van der Waals surface area contributed by atoms with Gasteiger partial charge >= 0.3 is 5.97 Å². The maximum absolute atomic E-state index is 12.2. The van der Waals surface area contributed by atoms with E-state index in [9.17, 15) is 9.59 Å². The van der Waals surface area contributed by atoms with Crippen molar-refractivity contribution in [1.29, 1.82) is 0 Å². The molecule has 0 spiro atoms. The van der Waals surface area contributed by atoms with E-state index in [4.69, 9.17) is 5.11 Å². The van der Waals surface area contributed by atoms with Gasteiger partial charge in [-0.05, 0) is 12.8 Å². The lowest BCUT2D eigenvalue weighted by atomic mass is 9.99. The quantitative estimate of drug-likeness (QED) is 0.828. The highest BCUT2D eigenvalue weighted by molar-refractivity contribution is 5.95. The van der Waals surface area contributed by atoms with Gasteiger partial charge in [0.1, 0.15) is 6.33 Å². The third-order valence-corrected chi connectivity index (χ3v) is 3.36. The first-order valence-electron chi connectivity index (χ1n) is 5.79. The number of carbonyl (C=O) groups is 2. The molecule has 0 unspecified atom stereocenters. The van der Waals surface area contributed by atoms with Gasteiger partial charge in [-0.25, -0.2) is 9.97 Å². The molecule has 18 heavy (non-hydrogen) atoms. The summed E-state index contributed by atoms with van der Waals surface area (Å²) in [7, 11) is 0. The molecule has 2 rings (SSSR count). The van der Waals surface area contributed by atoms with Crippen LogP contribution in [0.5, 0.6) is 0 Å². The summed E-state index contributed by atoms with van der Waals surface area (Å²) in [5, 5.41) is 9.05. The van der Waals surface area contributed by atoms with Crippen LogP contribution >= 0.6 is 0 Å². The predicted molar refractivity (Wildman–Crippen MR) is 63.0 cm³/mol. The van der Waals surface area contributed by atoms with Gasteiger partial charge in [-0.2, -0.15) is 0 Å². The number of carboxylic acid groups (broad SMARTS) is 1. The second-order valence-corrected chi connectivity index (χ2v) is 4.65. The molecule has 1 aromatic rings. The highest BCUT2D eigenvalue weighted by Crippen LogP contribution is 2.24. The fraction of sp³-hybridized carbons (Fsp3) is 0.500. The second-order valence-electron chi connectivity index (χ2n) is 4.65. The molecule has 1 aromatic heterocycles. The van der Waals surface area contributed by atoms with Gasteiger partial charge in [-0.3, -0.25) is 9.59 Å². The Kier molecular flexibility index (Phi) is 3.27. The molecular weight excluding hydrogens is 234 g/mol. The van der Waals surface area contributed by atoms with Gasteiger partial charge < -0.3 is 10.0 Å². The normalized spacial score (nSPS) is 23.1. The van der Waals surface area contributed by atoms with E-state index in [2.05, 4.69) is 9.97 Å². The monoisotopic (exact) mass is 249 g/mol. The standard InChI is InChI=1S/C12H15N3O3/c1-7-4-15(5-10(7)12(17)18)11(16)9-3-13-6-14-8(9)2/h3,6-7,10H,4-5H2,1-2H3,(H,17,18)/t7-,10-/m1/s1. The minimum atomic E-state index is -0.848. The number of aromatic nitrogens is 2. The minimum Gasteiger partial charge on any atom is -0.481 e. The van der Waals surface area contributed by atoms with E-state index in [0.717, 1.165) is 0 Å². The number of amides is 1. The SMILES string of the molecule is Cc1ncncc1C(=O)N1C[C@@H](C)[C@H](C(=O)O)C1. The first-order chi connectivity index (χ1) is 8.50. The smallest absolute Gasteiger partial charge is 0.308 e. The Morgan fingerprint density at radius 2 is 2.17 bits per heavy atom. The highest BCUT2D eigenvalue weighted by atomic mass is 16.4. The van der Waals surface area contributed by atoms with Crippen LogP contribution in [0.2, 0.25) is 0 Å². The van der Waals surface area contributed by atoms with Crippen LogP contribution in [0.4, 0.5) is 0 Å². The minimum absolute atomic E-state index is 0.0311. The van der Waals surface area contributed by atoms with E-state index in [-0.39, 0.29) is 18.4 Å². The molecule has 0 saturated carbocycles. The van der Waals surface area contributed by atoms with Crippen LogP contribution in [0.3, 0.4) is 0 Å². The number of aryl methyl sites for hydroxylation is 1. The molecule has 0 aliphatic carbocycles. The number of carbonyl (C=O) groups excluding carboxylic acids is 1. The van der Waals surface area contributed by atoms with Gasteiger partial charge in [-0.15, -0.1) is 0 Å².